The zero-order valence-corrected chi connectivity index (χ0v) is 8.65. The summed E-state index contributed by atoms with van der Waals surface area (Å²) in [5, 5.41) is 0. The number of halogens is 3. The zero-order valence-electron chi connectivity index (χ0n) is 8.65. The number of pyridine rings is 1. The van der Waals surface area contributed by atoms with Crippen molar-refractivity contribution in [1.29, 1.82) is 0 Å². The van der Waals surface area contributed by atoms with Crippen LogP contribution in [0.25, 0.3) is 0 Å². The average molecular weight is 215 g/mol. The summed E-state index contributed by atoms with van der Waals surface area (Å²) < 4.78 is 38.0. The van der Waals surface area contributed by atoms with Crippen molar-refractivity contribution in [2.24, 2.45) is 0 Å². The van der Waals surface area contributed by atoms with Gasteiger partial charge in [0.25, 0.3) is 0 Å². The van der Waals surface area contributed by atoms with Gasteiger partial charge >= 0.3 is 6.18 Å². The maximum atomic E-state index is 12.7. The highest BCUT2D eigenvalue weighted by Crippen LogP contribution is 2.38. The van der Waals surface area contributed by atoms with E-state index in [4.69, 9.17) is 0 Å². The number of fused-ring (bicyclic) bond motifs is 1. The lowest BCUT2D eigenvalue weighted by Gasteiger charge is -2.24. The van der Waals surface area contributed by atoms with E-state index in [9.17, 15) is 13.2 Å². The number of hydrogen-bond acceptors (Lipinski definition) is 1. The molecule has 0 saturated carbocycles. The normalized spacial score (nSPS) is 15.1. The molecule has 1 heterocycles. The number of aryl methyl sites for hydroxylation is 1. The first-order valence-corrected chi connectivity index (χ1v) is 4.99. The highest BCUT2D eigenvalue weighted by Gasteiger charge is 2.37. The third-order valence-electron chi connectivity index (χ3n) is 2.74. The fourth-order valence-corrected chi connectivity index (χ4v) is 1.75. The van der Waals surface area contributed by atoms with Crippen LogP contribution in [0.2, 0.25) is 0 Å². The number of nitrogens with zero attached hydrogens (tertiary/aromatic N) is 1. The molecule has 0 N–H and O–H groups in total. The van der Waals surface area contributed by atoms with E-state index in [1.165, 1.54) is 6.07 Å². The molecule has 4 heteroatoms. The summed E-state index contributed by atoms with van der Waals surface area (Å²) in [6.45, 7) is 3.71. The Bertz CT molecular complexity index is 394. The van der Waals surface area contributed by atoms with Crippen LogP contribution in [0.1, 0.15) is 42.3 Å². The number of aromatic nitrogens is 1. The minimum atomic E-state index is -4.24. The van der Waals surface area contributed by atoms with E-state index in [1.54, 1.807) is 0 Å². The lowest BCUT2D eigenvalue weighted by Crippen LogP contribution is -2.21. The van der Waals surface area contributed by atoms with E-state index in [-0.39, 0.29) is 5.92 Å². The standard InChI is InChI=1S/C11H12F3N/c1-6(2)10-5-8(11(12,13)14)7-3-4-9(7)15-10/h5-6H,3-4H2,1-2H3. The van der Waals surface area contributed by atoms with Gasteiger partial charge in [-0.1, -0.05) is 13.8 Å². The van der Waals surface area contributed by atoms with Crippen LogP contribution >= 0.6 is 0 Å². The highest BCUT2D eigenvalue weighted by molar-refractivity contribution is 5.41. The highest BCUT2D eigenvalue weighted by atomic mass is 19.4. The van der Waals surface area contributed by atoms with Crippen molar-refractivity contribution in [3.8, 4) is 0 Å². The number of rotatable bonds is 1. The Labute approximate surface area is 86.3 Å². The molecule has 1 aromatic heterocycles. The van der Waals surface area contributed by atoms with Gasteiger partial charge in [-0.05, 0) is 30.4 Å². The van der Waals surface area contributed by atoms with E-state index in [1.807, 2.05) is 13.8 Å². The Morgan fingerprint density at radius 2 is 1.93 bits per heavy atom. The van der Waals surface area contributed by atoms with Crippen LogP contribution < -0.4 is 0 Å². The van der Waals surface area contributed by atoms with Crippen molar-refractivity contribution in [1.82, 2.24) is 4.98 Å². The first kappa shape index (κ1) is 10.5. The summed E-state index contributed by atoms with van der Waals surface area (Å²) in [7, 11) is 0. The summed E-state index contributed by atoms with van der Waals surface area (Å²) in [6, 6.07) is 1.20. The SMILES string of the molecule is CC(C)c1cc(C(F)(F)F)c2c(n1)CC2. The summed E-state index contributed by atoms with van der Waals surface area (Å²) in [4.78, 5) is 4.23. The molecule has 2 rings (SSSR count). The molecular weight excluding hydrogens is 203 g/mol. The first-order valence-electron chi connectivity index (χ1n) is 4.99. The second kappa shape index (κ2) is 3.22. The van der Waals surface area contributed by atoms with Gasteiger partial charge in [-0.3, -0.25) is 4.98 Å². The van der Waals surface area contributed by atoms with Crippen molar-refractivity contribution in [3.63, 3.8) is 0 Å². The summed E-state index contributed by atoms with van der Waals surface area (Å²) in [5.41, 5.74) is 1.09. The summed E-state index contributed by atoms with van der Waals surface area (Å²) in [5.74, 6) is 0.0389. The molecule has 1 nitrogen and oxygen atoms in total. The molecule has 0 radical (unpaired) electrons. The van der Waals surface area contributed by atoms with Crippen LogP contribution in [0.15, 0.2) is 6.07 Å². The fraction of sp³-hybridized carbons (Fsp3) is 0.545. The van der Waals surface area contributed by atoms with E-state index >= 15 is 0 Å². The van der Waals surface area contributed by atoms with Crippen LogP contribution in [-0.2, 0) is 19.0 Å². The van der Waals surface area contributed by atoms with Crippen molar-refractivity contribution >= 4 is 0 Å². The van der Waals surface area contributed by atoms with Crippen LogP contribution in [0, 0.1) is 0 Å². The van der Waals surface area contributed by atoms with E-state index < -0.39 is 11.7 Å². The second-order valence-corrected chi connectivity index (χ2v) is 4.17. The molecule has 0 fully saturated rings. The summed E-state index contributed by atoms with van der Waals surface area (Å²) in [6.07, 6.45) is -3.05. The minimum absolute atomic E-state index is 0.0389. The number of hydrogen-bond donors (Lipinski definition) is 0. The molecular formula is C11H12F3N. The van der Waals surface area contributed by atoms with Gasteiger partial charge < -0.3 is 0 Å². The Balaban J connectivity index is 2.54. The van der Waals surface area contributed by atoms with Gasteiger partial charge in [0.15, 0.2) is 0 Å². The molecule has 0 bridgehead atoms. The molecule has 0 saturated heterocycles. The van der Waals surface area contributed by atoms with Gasteiger partial charge in [0, 0.05) is 11.4 Å². The maximum Gasteiger partial charge on any atom is 0.416 e. The number of alkyl halides is 3. The van der Waals surface area contributed by atoms with Crippen molar-refractivity contribution in [2.45, 2.75) is 38.8 Å². The monoisotopic (exact) mass is 215 g/mol. The summed E-state index contributed by atoms with van der Waals surface area (Å²) >= 11 is 0. The van der Waals surface area contributed by atoms with E-state index in [2.05, 4.69) is 4.98 Å². The van der Waals surface area contributed by atoms with Gasteiger partial charge in [0.05, 0.1) is 5.56 Å². The Morgan fingerprint density at radius 1 is 1.27 bits per heavy atom. The molecule has 1 aliphatic rings. The van der Waals surface area contributed by atoms with E-state index in [0.29, 0.717) is 29.8 Å². The first-order chi connectivity index (χ1) is 6.89. The van der Waals surface area contributed by atoms with Crippen molar-refractivity contribution < 1.29 is 13.2 Å². The quantitative estimate of drug-likeness (QED) is 0.700. The topological polar surface area (TPSA) is 12.9 Å². The lowest BCUT2D eigenvalue weighted by atomic mass is 9.87. The van der Waals surface area contributed by atoms with Gasteiger partial charge in [0.1, 0.15) is 0 Å². The zero-order chi connectivity index (χ0) is 11.2. The van der Waals surface area contributed by atoms with Crippen LogP contribution in [-0.4, -0.2) is 4.98 Å². The van der Waals surface area contributed by atoms with Crippen molar-refractivity contribution in [3.05, 3.63) is 28.6 Å². The Kier molecular flexibility index (Phi) is 2.24. The Hall–Kier alpha value is -1.06. The molecule has 82 valence electrons. The molecule has 0 unspecified atom stereocenters. The smallest absolute Gasteiger partial charge is 0.257 e. The molecule has 0 aliphatic heterocycles. The molecule has 1 aliphatic carbocycles. The molecule has 1 aromatic rings. The third kappa shape index (κ3) is 1.73. The van der Waals surface area contributed by atoms with Crippen LogP contribution in [0.4, 0.5) is 13.2 Å². The van der Waals surface area contributed by atoms with Gasteiger partial charge in [0.2, 0.25) is 0 Å². The molecule has 0 spiro atoms. The van der Waals surface area contributed by atoms with Crippen LogP contribution in [0.3, 0.4) is 0 Å². The van der Waals surface area contributed by atoms with Gasteiger partial charge in [-0.25, -0.2) is 0 Å². The molecule has 0 atom stereocenters. The molecule has 15 heavy (non-hydrogen) atoms. The third-order valence-corrected chi connectivity index (χ3v) is 2.74. The molecule has 0 aromatic carbocycles. The Morgan fingerprint density at radius 3 is 2.33 bits per heavy atom. The second-order valence-electron chi connectivity index (χ2n) is 4.17. The van der Waals surface area contributed by atoms with Gasteiger partial charge in [-0.2, -0.15) is 13.2 Å². The average Bonchev–Trinajstić information content (AvgIpc) is 2.04. The van der Waals surface area contributed by atoms with Crippen molar-refractivity contribution in [2.75, 3.05) is 0 Å². The predicted molar refractivity (Wildman–Crippen MR) is 50.7 cm³/mol. The minimum Gasteiger partial charge on any atom is -0.257 e. The lowest BCUT2D eigenvalue weighted by molar-refractivity contribution is -0.138. The predicted octanol–water partition coefficient (Wildman–Crippen LogP) is 3.32. The van der Waals surface area contributed by atoms with E-state index in [0.717, 1.165) is 0 Å². The van der Waals surface area contributed by atoms with Gasteiger partial charge in [-0.15, -0.1) is 0 Å². The van der Waals surface area contributed by atoms with Crippen LogP contribution in [0.5, 0.6) is 0 Å². The maximum absolute atomic E-state index is 12.7. The fourth-order valence-electron chi connectivity index (χ4n) is 1.75. The molecule has 0 amide bonds. The largest absolute Gasteiger partial charge is 0.416 e.